The van der Waals surface area contributed by atoms with Gasteiger partial charge in [-0.25, -0.2) is 0 Å². The summed E-state index contributed by atoms with van der Waals surface area (Å²) in [5.74, 6) is 1.10. The van der Waals surface area contributed by atoms with Gasteiger partial charge in [0, 0.05) is 10.8 Å². The lowest BCUT2D eigenvalue weighted by Gasteiger charge is -2.20. The van der Waals surface area contributed by atoms with Gasteiger partial charge in [0.15, 0.2) is 0 Å². The Morgan fingerprint density at radius 2 is 2.07 bits per heavy atom. The van der Waals surface area contributed by atoms with Crippen LogP contribution in [0, 0.1) is 11.8 Å². The van der Waals surface area contributed by atoms with Gasteiger partial charge >= 0.3 is 5.97 Å². The predicted octanol–water partition coefficient (Wildman–Crippen LogP) is 3.57. The maximum atomic E-state index is 11.5. The molecular weight excluding hydrogens is 303 g/mol. The summed E-state index contributed by atoms with van der Waals surface area (Å²) in [6.07, 6.45) is 7.02. The van der Waals surface area contributed by atoms with Crippen LogP contribution in [0.2, 0.25) is 0 Å². The Bertz CT molecular complexity index is 188. The normalized spacial score (nSPS) is 19.9. The third-order valence-corrected chi connectivity index (χ3v) is 4.48. The van der Waals surface area contributed by atoms with Gasteiger partial charge in [0.25, 0.3) is 0 Å². The Morgan fingerprint density at radius 3 is 2.67 bits per heavy atom. The SMILES string of the molecule is CC(CI)COC(=O)CC1CCCCC1. The van der Waals surface area contributed by atoms with Gasteiger partial charge < -0.3 is 4.74 Å². The molecule has 0 amide bonds. The van der Waals surface area contributed by atoms with Crippen LogP contribution in [0.15, 0.2) is 0 Å². The van der Waals surface area contributed by atoms with E-state index < -0.39 is 0 Å². The van der Waals surface area contributed by atoms with Gasteiger partial charge in [-0.15, -0.1) is 0 Å². The molecule has 1 saturated carbocycles. The second-order valence-electron chi connectivity index (χ2n) is 4.65. The highest BCUT2D eigenvalue weighted by Gasteiger charge is 2.18. The van der Waals surface area contributed by atoms with E-state index in [4.69, 9.17) is 4.74 Å². The van der Waals surface area contributed by atoms with Crippen molar-refractivity contribution in [1.82, 2.24) is 0 Å². The van der Waals surface area contributed by atoms with Crippen LogP contribution in [0.25, 0.3) is 0 Å². The van der Waals surface area contributed by atoms with Crippen LogP contribution in [0.3, 0.4) is 0 Å². The summed E-state index contributed by atoms with van der Waals surface area (Å²) < 4.78 is 6.30. The number of hydrogen-bond acceptors (Lipinski definition) is 2. The number of esters is 1. The molecule has 0 spiro atoms. The fourth-order valence-electron chi connectivity index (χ4n) is 1.97. The van der Waals surface area contributed by atoms with E-state index in [1.165, 1.54) is 32.1 Å². The molecule has 2 nitrogen and oxygen atoms in total. The van der Waals surface area contributed by atoms with Gasteiger partial charge in [-0.05, 0) is 24.7 Å². The Labute approximate surface area is 106 Å². The number of halogens is 1. The van der Waals surface area contributed by atoms with Crippen LogP contribution in [0.5, 0.6) is 0 Å². The fourth-order valence-corrected chi connectivity index (χ4v) is 2.22. The van der Waals surface area contributed by atoms with Crippen molar-refractivity contribution in [2.45, 2.75) is 45.4 Å². The molecule has 0 aromatic heterocycles. The van der Waals surface area contributed by atoms with Gasteiger partial charge in [-0.1, -0.05) is 48.8 Å². The van der Waals surface area contributed by atoms with Crippen LogP contribution < -0.4 is 0 Å². The number of hydrogen-bond donors (Lipinski definition) is 0. The maximum absolute atomic E-state index is 11.5. The van der Waals surface area contributed by atoms with E-state index in [1.807, 2.05) is 0 Å². The van der Waals surface area contributed by atoms with Crippen molar-refractivity contribution in [2.24, 2.45) is 11.8 Å². The minimum absolute atomic E-state index is 0.0126. The second kappa shape index (κ2) is 7.47. The maximum Gasteiger partial charge on any atom is 0.306 e. The first-order valence-corrected chi connectivity index (χ1v) is 7.46. The lowest BCUT2D eigenvalue weighted by Crippen LogP contribution is -2.17. The zero-order chi connectivity index (χ0) is 11.1. The number of carbonyl (C=O) groups is 1. The van der Waals surface area contributed by atoms with Crippen LogP contribution in [-0.2, 0) is 9.53 Å². The highest BCUT2D eigenvalue weighted by atomic mass is 127. The topological polar surface area (TPSA) is 26.3 Å². The van der Waals surface area contributed by atoms with Gasteiger partial charge in [0.05, 0.1) is 6.61 Å². The van der Waals surface area contributed by atoms with Crippen molar-refractivity contribution in [3.05, 3.63) is 0 Å². The van der Waals surface area contributed by atoms with Crippen LogP contribution in [-0.4, -0.2) is 17.0 Å². The van der Waals surface area contributed by atoms with Crippen molar-refractivity contribution >= 4 is 28.6 Å². The molecule has 0 N–H and O–H groups in total. The van der Waals surface area contributed by atoms with E-state index in [1.54, 1.807) is 0 Å². The number of carbonyl (C=O) groups excluding carboxylic acids is 1. The van der Waals surface area contributed by atoms with Crippen molar-refractivity contribution in [3.63, 3.8) is 0 Å². The molecule has 0 bridgehead atoms. The molecule has 0 aromatic carbocycles. The number of ether oxygens (including phenoxy) is 1. The zero-order valence-corrected chi connectivity index (χ0v) is 11.7. The van der Waals surface area contributed by atoms with Gasteiger partial charge in [-0.3, -0.25) is 4.79 Å². The largest absolute Gasteiger partial charge is 0.465 e. The fraction of sp³-hybridized carbons (Fsp3) is 0.917. The summed E-state index contributed by atoms with van der Waals surface area (Å²) in [6, 6.07) is 0. The minimum atomic E-state index is 0.0126. The standard InChI is InChI=1S/C12H21IO2/c1-10(8-13)9-15-12(14)7-11-5-3-2-4-6-11/h10-11H,2-9H2,1H3. The Balaban J connectivity index is 2.11. The summed E-state index contributed by atoms with van der Waals surface area (Å²) in [7, 11) is 0. The molecule has 1 aliphatic rings. The van der Waals surface area contributed by atoms with Crippen molar-refractivity contribution < 1.29 is 9.53 Å². The summed E-state index contributed by atoms with van der Waals surface area (Å²) in [6.45, 7) is 2.70. The van der Waals surface area contributed by atoms with Gasteiger partial charge in [0.1, 0.15) is 0 Å². The molecule has 3 heteroatoms. The molecule has 15 heavy (non-hydrogen) atoms. The third-order valence-electron chi connectivity index (χ3n) is 2.97. The lowest BCUT2D eigenvalue weighted by atomic mass is 9.87. The molecule has 1 rings (SSSR count). The average Bonchev–Trinajstić information content (AvgIpc) is 2.27. The van der Waals surface area contributed by atoms with E-state index >= 15 is 0 Å². The summed E-state index contributed by atoms with van der Waals surface area (Å²) in [5.41, 5.74) is 0. The molecule has 88 valence electrons. The molecule has 1 atom stereocenters. The predicted molar refractivity (Wildman–Crippen MR) is 70.2 cm³/mol. The minimum Gasteiger partial charge on any atom is -0.465 e. The van der Waals surface area contributed by atoms with E-state index in [0.29, 0.717) is 24.9 Å². The molecule has 0 aromatic rings. The summed E-state index contributed by atoms with van der Waals surface area (Å²) >= 11 is 2.32. The summed E-state index contributed by atoms with van der Waals surface area (Å²) in [5, 5.41) is 0. The molecule has 1 unspecified atom stereocenters. The smallest absolute Gasteiger partial charge is 0.306 e. The zero-order valence-electron chi connectivity index (χ0n) is 9.51. The molecular formula is C12H21IO2. The monoisotopic (exact) mass is 324 g/mol. The quantitative estimate of drug-likeness (QED) is 0.439. The third kappa shape index (κ3) is 5.73. The van der Waals surface area contributed by atoms with Crippen molar-refractivity contribution in [1.29, 1.82) is 0 Å². The van der Waals surface area contributed by atoms with E-state index in [2.05, 4.69) is 29.5 Å². The van der Waals surface area contributed by atoms with Gasteiger partial charge in [0.2, 0.25) is 0 Å². The van der Waals surface area contributed by atoms with Crippen LogP contribution in [0.4, 0.5) is 0 Å². The van der Waals surface area contributed by atoms with Gasteiger partial charge in [-0.2, -0.15) is 0 Å². The molecule has 1 aliphatic carbocycles. The molecule has 0 aliphatic heterocycles. The van der Waals surface area contributed by atoms with E-state index in [9.17, 15) is 4.79 Å². The first-order valence-electron chi connectivity index (χ1n) is 5.94. The highest BCUT2D eigenvalue weighted by Crippen LogP contribution is 2.26. The highest BCUT2D eigenvalue weighted by molar-refractivity contribution is 14.1. The Morgan fingerprint density at radius 1 is 1.40 bits per heavy atom. The molecule has 0 saturated heterocycles. The first kappa shape index (κ1) is 13.3. The molecule has 1 fully saturated rings. The average molecular weight is 324 g/mol. The Kier molecular flexibility index (Phi) is 6.61. The molecule has 0 heterocycles. The van der Waals surface area contributed by atoms with Crippen molar-refractivity contribution in [3.8, 4) is 0 Å². The van der Waals surface area contributed by atoms with E-state index in [0.717, 1.165) is 4.43 Å². The second-order valence-corrected chi connectivity index (χ2v) is 5.53. The Hall–Kier alpha value is 0.200. The first-order chi connectivity index (χ1) is 7.22. The van der Waals surface area contributed by atoms with Crippen molar-refractivity contribution in [2.75, 3.05) is 11.0 Å². The lowest BCUT2D eigenvalue weighted by molar-refractivity contribution is -0.146. The number of alkyl halides is 1. The summed E-state index contributed by atoms with van der Waals surface area (Å²) in [4.78, 5) is 11.5. The van der Waals surface area contributed by atoms with Crippen LogP contribution >= 0.6 is 22.6 Å². The van der Waals surface area contributed by atoms with E-state index in [-0.39, 0.29) is 5.97 Å². The number of rotatable bonds is 5. The molecule has 0 radical (unpaired) electrons. The van der Waals surface area contributed by atoms with Crippen LogP contribution in [0.1, 0.15) is 45.4 Å².